The van der Waals surface area contributed by atoms with Crippen molar-refractivity contribution in [2.75, 3.05) is 13.2 Å². The average Bonchev–Trinajstić information content (AvgIpc) is 1.86. The minimum atomic E-state index is -1.16. The molecule has 1 atom stereocenters. The maximum atomic E-state index is 9.75. The molecule has 0 fully saturated rings. The Balaban J connectivity index is 4.33. The largest absolute Gasteiger partial charge is 0.396 e. The first-order valence-electron chi connectivity index (χ1n) is 3.81. The molecule has 68 valence electrons. The monoisotopic (exact) mass is 162 g/mol. The molecule has 0 heterocycles. The maximum absolute atomic E-state index is 9.75. The highest BCUT2D eigenvalue weighted by Gasteiger charge is 2.38. The Morgan fingerprint density at radius 3 is 1.64 bits per heavy atom. The van der Waals surface area contributed by atoms with Crippen LogP contribution in [-0.4, -0.2) is 34.1 Å². The normalized spacial score (nSPS) is 18.0. The molecule has 0 saturated heterocycles. The Morgan fingerprint density at radius 1 is 1.09 bits per heavy atom. The van der Waals surface area contributed by atoms with E-state index in [2.05, 4.69) is 0 Å². The van der Waals surface area contributed by atoms with E-state index in [1.165, 1.54) is 0 Å². The number of hydrogen-bond acceptors (Lipinski definition) is 3. The fraction of sp³-hybridized carbons (Fsp3) is 1.00. The van der Waals surface area contributed by atoms with Crippen molar-refractivity contribution in [2.24, 2.45) is 5.41 Å². The summed E-state index contributed by atoms with van der Waals surface area (Å²) in [6.45, 7) is 5.09. The van der Waals surface area contributed by atoms with E-state index in [1.807, 2.05) is 20.8 Å². The van der Waals surface area contributed by atoms with Crippen LogP contribution in [0, 0.1) is 5.41 Å². The zero-order valence-corrected chi connectivity index (χ0v) is 7.46. The highest BCUT2D eigenvalue weighted by molar-refractivity contribution is 4.89. The molecule has 0 amide bonds. The Kier molecular flexibility index (Phi) is 3.48. The van der Waals surface area contributed by atoms with Crippen LogP contribution in [0.15, 0.2) is 0 Å². The molecule has 0 aromatic carbocycles. The van der Waals surface area contributed by atoms with Crippen molar-refractivity contribution in [1.29, 1.82) is 0 Å². The minimum absolute atomic E-state index is 0.103. The zero-order chi connectivity index (χ0) is 9.12. The number of rotatable bonds is 3. The Bertz CT molecular complexity index is 117. The number of hydrogen-bond donors (Lipinski definition) is 3. The predicted octanol–water partition coefficient (Wildman–Crippen LogP) is 0.138. The standard InChI is InChI=1S/C8H18O3/c1-7(2,3)8(11,6-10)4-5-9/h9-11H,4-6H2,1-3H3. The lowest BCUT2D eigenvalue weighted by Gasteiger charge is -2.38. The van der Waals surface area contributed by atoms with Gasteiger partial charge in [-0.15, -0.1) is 0 Å². The summed E-state index contributed by atoms with van der Waals surface area (Å²) >= 11 is 0. The smallest absolute Gasteiger partial charge is 0.0947 e. The number of aliphatic hydroxyl groups excluding tert-OH is 2. The van der Waals surface area contributed by atoms with E-state index < -0.39 is 11.0 Å². The van der Waals surface area contributed by atoms with Gasteiger partial charge in [0.05, 0.1) is 12.2 Å². The molecular weight excluding hydrogens is 144 g/mol. The van der Waals surface area contributed by atoms with Crippen LogP contribution in [0.25, 0.3) is 0 Å². The van der Waals surface area contributed by atoms with Gasteiger partial charge in [-0.25, -0.2) is 0 Å². The summed E-state index contributed by atoms with van der Waals surface area (Å²) < 4.78 is 0. The lowest BCUT2D eigenvalue weighted by Crippen LogP contribution is -2.46. The fourth-order valence-corrected chi connectivity index (χ4v) is 0.876. The summed E-state index contributed by atoms with van der Waals surface area (Å²) in [5.41, 5.74) is -1.56. The highest BCUT2D eigenvalue weighted by atomic mass is 16.3. The van der Waals surface area contributed by atoms with E-state index in [-0.39, 0.29) is 19.6 Å². The van der Waals surface area contributed by atoms with Crippen LogP contribution in [-0.2, 0) is 0 Å². The topological polar surface area (TPSA) is 60.7 Å². The molecular formula is C8H18O3. The Labute approximate surface area is 67.7 Å². The molecule has 11 heavy (non-hydrogen) atoms. The molecule has 3 heteroatoms. The van der Waals surface area contributed by atoms with Crippen LogP contribution < -0.4 is 0 Å². The van der Waals surface area contributed by atoms with Gasteiger partial charge in [-0.2, -0.15) is 0 Å². The van der Waals surface area contributed by atoms with Crippen molar-refractivity contribution in [2.45, 2.75) is 32.8 Å². The van der Waals surface area contributed by atoms with Gasteiger partial charge in [0, 0.05) is 13.0 Å². The molecule has 3 nitrogen and oxygen atoms in total. The maximum Gasteiger partial charge on any atom is 0.0947 e. The van der Waals surface area contributed by atoms with Crippen molar-refractivity contribution < 1.29 is 15.3 Å². The van der Waals surface area contributed by atoms with E-state index in [0.717, 1.165) is 0 Å². The zero-order valence-electron chi connectivity index (χ0n) is 7.46. The van der Waals surface area contributed by atoms with Crippen LogP contribution in [0.4, 0.5) is 0 Å². The molecule has 0 bridgehead atoms. The molecule has 0 aliphatic carbocycles. The van der Waals surface area contributed by atoms with Crippen molar-refractivity contribution in [1.82, 2.24) is 0 Å². The van der Waals surface area contributed by atoms with Gasteiger partial charge in [0.1, 0.15) is 0 Å². The van der Waals surface area contributed by atoms with Crippen LogP contribution in [0.1, 0.15) is 27.2 Å². The third-order valence-corrected chi connectivity index (χ3v) is 2.18. The Morgan fingerprint density at radius 2 is 1.55 bits per heavy atom. The Hall–Kier alpha value is -0.120. The first-order chi connectivity index (χ1) is 4.87. The first kappa shape index (κ1) is 10.9. The van der Waals surface area contributed by atoms with Crippen molar-refractivity contribution in [3.05, 3.63) is 0 Å². The second kappa shape index (κ2) is 3.52. The molecule has 0 aliphatic heterocycles. The second-order valence-corrected chi connectivity index (χ2v) is 3.91. The van der Waals surface area contributed by atoms with Crippen molar-refractivity contribution in [3.8, 4) is 0 Å². The molecule has 0 rings (SSSR count). The molecule has 0 aromatic rings. The van der Waals surface area contributed by atoms with E-state index in [4.69, 9.17) is 10.2 Å². The lowest BCUT2D eigenvalue weighted by molar-refractivity contribution is -0.107. The van der Waals surface area contributed by atoms with Gasteiger partial charge in [-0.1, -0.05) is 20.8 Å². The first-order valence-corrected chi connectivity index (χ1v) is 3.81. The predicted molar refractivity (Wildman–Crippen MR) is 43.2 cm³/mol. The van der Waals surface area contributed by atoms with Crippen LogP contribution in [0.2, 0.25) is 0 Å². The van der Waals surface area contributed by atoms with E-state index in [0.29, 0.717) is 0 Å². The van der Waals surface area contributed by atoms with Gasteiger partial charge in [-0.05, 0) is 5.41 Å². The summed E-state index contributed by atoms with van der Waals surface area (Å²) in [5.74, 6) is 0. The average molecular weight is 162 g/mol. The molecule has 3 N–H and O–H groups in total. The fourth-order valence-electron chi connectivity index (χ4n) is 0.876. The highest BCUT2D eigenvalue weighted by Crippen LogP contribution is 2.32. The molecule has 0 saturated carbocycles. The van der Waals surface area contributed by atoms with Crippen molar-refractivity contribution in [3.63, 3.8) is 0 Å². The lowest BCUT2D eigenvalue weighted by atomic mass is 9.75. The minimum Gasteiger partial charge on any atom is -0.396 e. The second-order valence-electron chi connectivity index (χ2n) is 3.91. The summed E-state index contributed by atoms with van der Waals surface area (Å²) in [5, 5.41) is 27.3. The van der Waals surface area contributed by atoms with Crippen LogP contribution in [0.3, 0.4) is 0 Å². The van der Waals surface area contributed by atoms with Gasteiger partial charge in [0.2, 0.25) is 0 Å². The number of aliphatic hydroxyl groups is 3. The molecule has 0 radical (unpaired) electrons. The molecule has 1 unspecified atom stereocenters. The summed E-state index contributed by atoms with van der Waals surface area (Å²) in [6, 6.07) is 0. The van der Waals surface area contributed by atoms with E-state index in [9.17, 15) is 5.11 Å². The molecule has 0 spiro atoms. The summed E-state index contributed by atoms with van der Waals surface area (Å²) in [7, 11) is 0. The van der Waals surface area contributed by atoms with E-state index >= 15 is 0 Å². The van der Waals surface area contributed by atoms with Gasteiger partial charge >= 0.3 is 0 Å². The van der Waals surface area contributed by atoms with Gasteiger partial charge in [0.15, 0.2) is 0 Å². The summed E-state index contributed by atoms with van der Waals surface area (Å²) in [6.07, 6.45) is 0.215. The molecule has 0 aromatic heterocycles. The molecule has 0 aliphatic rings. The van der Waals surface area contributed by atoms with Gasteiger partial charge in [-0.3, -0.25) is 0 Å². The SMILES string of the molecule is CC(C)(C)C(O)(CO)CCO. The van der Waals surface area contributed by atoms with Crippen molar-refractivity contribution >= 4 is 0 Å². The van der Waals surface area contributed by atoms with Crippen LogP contribution >= 0.6 is 0 Å². The van der Waals surface area contributed by atoms with Crippen LogP contribution in [0.5, 0.6) is 0 Å². The third-order valence-electron chi connectivity index (χ3n) is 2.18. The van der Waals surface area contributed by atoms with E-state index in [1.54, 1.807) is 0 Å². The quantitative estimate of drug-likeness (QED) is 0.553. The third kappa shape index (κ3) is 2.43. The van der Waals surface area contributed by atoms with Gasteiger partial charge < -0.3 is 15.3 Å². The summed E-state index contributed by atoms with van der Waals surface area (Å²) in [4.78, 5) is 0. The van der Waals surface area contributed by atoms with Gasteiger partial charge in [0.25, 0.3) is 0 Å².